The molecule has 0 saturated carbocycles. The number of carbonyl (C=O) groups excluding carboxylic acids is 1. The molecule has 2 aromatic heterocycles. The predicted octanol–water partition coefficient (Wildman–Crippen LogP) is 6.91. The number of sulfone groups is 1. The Hall–Kier alpha value is -3.92. The first kappa shape index (κ1) is 24.8. The van der Waals surface area contributed by atoms with Gasteiger partial charge in [0.2, 0.25) is 0 Å². The van der Waals surface area contributed by atoms with E-state index in [1.165, 1.54) is 6.26 Å². The lowest BCUT2D eigenvalue weighted by molar-refractivity contribution is 0.262. The minimum atomic E-state index is -3.28. The largest absolute Gasteiger partial charge is 0.383 e. The molecule has 0 spiro atoms. The van der Waals surface area contributed by atoms with Crippen LogP contribution in [0.4, 0.5) is 22.0 Å². The van der Waals surface area contributed by atoms with Crippen LogP contribution in [0.3, 0.4) is 0 Å². The Morgan fingerprint density at radius 3 is 2.24 bits per heavy atom. The highest BCUT2D eigenvalue weighted by Crippen LogP contribution is 2.42. The molecule has 0 unspecified atom stereocenters. The molecule has 2 amide bonds. The van der Waals surface area contributed by atoms with Gasteiger partial charge in [-0.05, 0) is 59.0 Å². The number of benzene rings is 3. The molecule has 7 nitrogen and oxygen atoms in total. The number of thiophene rings is 1. The van der Waals surface area contributed by atoms with Crippen molar-refractivity contribution < 1.29 is 13.2 Å². The molecule has 10 heteroatoms. The number of nitrogens with one attached hydrogen (secondary N) is 2. The van der Waals surface area contributed by atoms with E-state index in [0.29, 0.717) is 22.2 Å². The molecule has 0 aliphatic rings. The summed E-state index contributed by atoms with van der Waals surface area (Å²) in [5.74, 6) is 0.408. The SMILES string of the molecule is CS(=O)(=O)c1ccc(-c2cnc(N)c3c(-c4ccc(NC(=O)Nc5cccc(Cl)c5)cc4)csc23)cc1. The van der Waals surface area contributed by atoms with Gasteiger partial charge in [-0.15, -0.1) is 11.3 Å². The molecule has 0 aliphatic heterocycles. The van der Waals surface area contributed by atoms with Crippen LogP contribution in [0.15, 0.2) is 89.3 Å². The first-order valence-electron chi connectivity index (χ1n) is 11.1. The average Bonchev–Trinajstić information content (AvgIpc) is 3.30. The van der Waals surface area contributed by atoms with Crippen molar-refractivity contribution in [2.24, 2.45) is 0 Å². The zero-order valence-electron chi connectivity index (χ0n) is 19.5. The molecule has 0 atom stereocenters. The van der Waals surface area contributed by atoms with E-state index in [1.54, 1.807) is 66.1 Å². The Balaban J connectivity index is 1.41. The number of amides is 2. The summed E-state index contributed by atoms with van der Waals surface area (Å²) in [6.45, 7) is 0. The molecule has 0 bridgehead atoms. The molecule has 0 radical (unpaired) electrons. The summed E-state index contributed by atoms with van der Waals surface area (Å²) in [4.78, 5) is 17.0. The van der Waals surface area contributed by atoms with Gasteiger partial charge in [0.25, 0.3) is 0 Å². The lowest BCUT2D eigenvalue weighted by Crippen LogP contribution is -2.19. The second-order valence-electron chi connectivity index (χ2n) is 8.37. The normalized spacial score (nSPS) is 11.4. The first-order chi connectivity index (χ1) is 17.7. The first-order valence-corrected chi connectivity index (χ1v) is 14.2. The van der Waals surface area contributed by atoms with Crippen LogP contribution in [-0.2, 0) is 9.84 Å². The van der Waals surface area contributed by atoms with Crippen LogP contribution in [0, 0.1) is 0 Å². The van der Waals surface area contributed by atoms with Gasteiger partial charge < -0.3 is 16.4 Å². The van der Waals surface area contributed by atoms with Gasteiger partial charge in [-0.2, -0.15) is 0 Å². The van der Waals surface area contributed by atoms with Gasteiger partial charge in [0, 0.05) is 50.1 Å². The number of nitrogens with two attached hydrogens (primary N) is 1. The number of carbonyl (C=O) groups is 1. The minimum absolute atomic E-state index is 0.262. The number of rotatable bonds is 5. The maximum absolute atomic E-state index is 12.4. The summed E-state index contributed by atoms with van der Waals surface area (Å²) < 4.78 is 24.6. The van der Waals surface area contributed by atoms with Gasteiger partial charge >= 0.3 is 6.03 Å². The summed E-state index contributed by atoms with van der Waals surface area (Å²) in [5.41, 5.74) is 11.1. The Morgan fingerprint density at radius 1 is 0.919 bits per heavy atom. The van der Waals surface area contributed by atoms with Crippen LogP contribution >= 0.6 is 22.9 Å². The third-order valence-corrected chi connectivity index (χ3v) is 8.13. The molecule has 37 heavy (non-hydrogen) atoms. The second kappa shape index (κ2) is 9.85. The number of aromatic nitrogens is 1. The van der Waals surface area contributed by atoms with Gasteiger partial charge in [-0.25, -0.2) is 18.2 Å². The highest BCUT2D eigenvalue weighted by atomic mass is 35.5. The zero-order chi connectivity index (χ0) is 26.2. The Morgan fingerprint density at radius 2 is 1.57 bits per heavy atom. The van der Waals surface area contributed by atoms with Crippen molar-refractivity contribution in [3.8, 4) is 22.3 Å². The number of halogens is 1. The number of anilines is 3. The Kier molecular flexibility index (Phi) is 6.59. The summed E-state index contributed by atoms with van der Waals surface area (Å²) in [6, 6.07) is 20.7. The number of urea groups is 1. The summed E-state index contributed by atoms with van der Waals surface area (Å²) in [5, 5.41) is 8.94. The van der Waals surface area contributed by atoms with E-state index in [-0.39, 0.29) is 10.9 Å². The lowest BCUT2D eigenvalue weighted by atomic mass is 10.0. The second-order valence-corrected chi connectivity index (χ2v) is 11.7. The highest BCUT2D eigenvalue weighted by molar-refractivity contribution is 7.90. The smallest absolute Gasteiger partial charge is 0.323 e. The molecule has 3 aromatic carbocycles. The molecule has 186 valence electrons. The molecule has 5 aromatic rings. The number of pyridine rings is 1. The van der Waals surface area contributed by atoms with E-state index in [9.17, 15) is 13.2 Å². The number of hydrogen-bond acceptors (Lipinski definition) is 6. The molecule has 4 N–H and O–H groups in total. The molecule has 0 aliphatic carbocycles. The number of nitrogen functional groups attached to an aromatic ring is 1. The molecular weight excluding hydrogens is 528 g/mol. The van der Waals surface area contributed by atoms with Crippen molar-refractivity contribution in [1.29, 1.82) is 0 Å². The fourth-order valence-corrected chi connectivity index (χ4v) is 5.90. The minimum Gasteiger partial charge on any atom is -0.383 e. The summed E-state index contributed by atoms with van der Waals surface area (Å²) >= 11 is 7.51. The van der Waals surface area contributed by atoms with E-state index >= 15 is 0 Å². The van der Waals surface area contributed by atoms with Crippen LogP contribution in [0.25, 0.3) is 32.3 Å². The zero-order valence-corrected chi connectivity index (χ0v) is 21.9. The molecule has 0 fully saturated rings. The van der Waals surface area contributed by atoms with E-state index in [1.807, 2.05) is 29.6 Å². The fourth-order valence-electron chi connectivity index (χ4n) is 3.96. The Bertz CT molecular complexity index is 1730. The van der Waals surface area contributed by atoms with E-state index in [0.717, 1.165) is 32.3 Å². The highest BCUT2D eigenvalue weighted by Gasteiger charge is 2.16. The monoisotopic (exact) mass is 548 g/mol. The fraction of sp³-hybridized carbons (Fsp3) is 0.0370. The van der Waals surface area contributed by atoms with Gasteiger partial charge in [-0.1, -0.05) is 41.9 Å². The van der Waals surface area contributed by atoms with Crippen LogP contribution < -0.4 is 16.4 Å². The molecule has 2 heterocycles. The number of hydrogen-bond donors (Lipinski definition) is 3. The molecule has 5 rings (SSSR count). The van der Waals surface area contributed by atoms with E-state index in [2.05, 4.69) is 15.6 Å². The number of nitrogens with zero attached hydrogens (tertiary/aromatic N) is 1. The van der Waals surface area contributed by atoms with Crippen LogP contribution in [-0.4, -0.2) is 25.7 Å². The van der Waals surface area contributed by atoms with E-state index < -0.39 is 9.84 Å². The summed E-state index contributed by atoms with van der Waals surface area (Å²) in [7, 11) is -3.28. The molecule has 0 saturated heterocycles. The van der Waals surface area contributed by atoms with Gasteiger partial charge in [0.05, 0.1) is 4.90 Å². The standard InChI is InChI=1S/C27H21ClN4O3S2/c1-37(34,35)21-11-7-16(8-12-21)22-14-30-26(29)24-23(15-36-25(22)24)17-5-9-19(10-6-17)31-27(33)32-20-4-2-3-18(28)13-20/h2-15H,1H3,(H2,29,30)(H2,31,32,33). The van der Waals surface area contributed by atoms with Gasteiger partial charge in [0.1, 0.15) is 5.82 Å². The third-order valence-electron chi connectivity index (χ3n) is 5.75. The van der Waals surface area contributed by atoms with Crippen LogP contribution in [0.2, 0.25) is 5.02 Å². The lowest BCUT2D eigenvalue weighted by Gasteiger charge is -2.10. The van der Waals surface area contributed by atoms with Crippen molar-refractivity contribution in [3.63, 3.8) is 0 Å². The van der Waals surface area contributed by atoms with Crippen molar-refractivity contribution in [2.45, 2.75) is 4.90 Å². The quantitative estimate of drug-likeness (QED) is 0.221. The number of fused-ring (bicyclic) bond motifs is 1. The summed E-state index contributed by atoms with van der Waals surface area (Å²) in [6.07, 6.45) is 2.89. The van der Waals surface area contributed by atoms with Gasteiger partial charge in [-0.3, -0.25) is 0 Å². The maximum atomic E-state index is 12.4. The van der Waals surface area contributed by atoms with Crippen molar-refractivity contribution in [2.75, 3.05) is 22.6 Å². The van der Waals surface area contributed by atoms with Crippen molar-refractivity contribution >= 4 is 66.1 Å². The van der Waals surface area contributed by atoms with Crippen LogP contribution in [0.1, 0.15) is 0 Å². The van der Waals surface area contributed by atoms with Crippen molar-refractivity contribution in [1.82, 2.24) is 4.98 Å². The maximum Gasteiger partial charge on any atom is 0.323 e. The molecular formula is C27H21ClN4O3S2. The van der Waals surface area contributed by atoms with E-state index in [4.69, 9.17) is 17.3 Å². The average molecular weight is 549 g/mol. The topological polar surface area (TPSA) is 114 Å². The van der Waals surface area contributed by atoms with Gasteiger partial charge in [0.15, 0.2) is 9.84 Å². The van der Waals surface area contributed by atoms with Crippen molar-refractivity contribution in [3.05, 3.63) is 89.4 Å². The van der Waals surface area contributed by atoms with Crippen LogP contribution in [0.5, 0.6) is 0 Å². The Labute approximate surface area is 222 Å². The predicted molar refractivity (Wildman–Crippen MR) is 152 cm³/mol. The third kappa shape index (κ3) is 5.29.